The van der Waals surface area contributed by atoms with Crippen molar-refractivity contribution in [1.82, 2.24) is 10.6 Å². The Morgan fingerprint density at radius 3 is 2.17 bits per heavy atom. The van der Waals surface area contributed by atoms with Crippen molar-refractivity contribution in [3.63, 3.8) is 0 Å². The summed E-state index contributed by atoms with van der Waals surface area (Å²) in [5.74, 6) is 0. The van der Waals surface area contributed by atoms with Crippen LogP contribution in [-0.2, 0) is 4.74 Å². The summed E-state index contributed by atoms with van der Waals surface area (Å²) in [6, 6.07) is 0.894. The van der Waals surface area contributed by atoms with Crippen LogP contribution in [-0.4, -0.2) is 30.3 Å². The summed E-state index contributed by atoms with van der Waals surface area (Å²) in [5.41, 5.74) is 0.143. The van der Waals surface area contributed by atoms with E-state index >= 15 is 0 Å². The van der Waals surface area contributed by atoms with Crippen LogP contribution in [0.1, 0.15) is 85.5 Å². The number of carbonyl (C=O) groups is 1. The van der Waals surface area contributed by atoms with Gasteiger partial charge in [0.25, 0.3) is 0 Å². The molecule has 0 unspecified atom stereocenters. The quantitative estimate of drug-likeness (QED) is 0.789. The fourth-order valence-corrected chi connectivity index (χ4v) is 4.06. The van der Waals surface area contributed by atoms with Gasteiger partial charge in [-0.2, -0.15) is 0 Å². The second-order valence-corrected chi connectivity index (χ2v) is 8.64. The number of alkyl carbamates (subject to hydrolysis) is 1. The molecular formula is C19H36N2O2. The van der Waals surface area contributed by atoms with Gasteiger partial charge in [0.1, 0.15) is 5.60 Å². The molecule has 23 heavy (non-hydrogen) atoms. The highest BCUT2D eigenvalue weighted by molar-refractivity contribution is 5.68. The summed E-state index contributed by atoms with van der Waals surface area (Å²) in [6.07, 6.45) is 11.0. The molecule has 2 saturated carbocycles. The average Bonchev–Trinajstić information content (AvgIpc) is 2.94. The van der Waals surface area contributed by atoms with E-state index in [0.29, 0.717) is 11.5 Å². The molecule has 0 aromatic rings. The summed E-state index contributed by atoms with van der Waals surface area (Å²) in [6.45, 7) is 9.23. The molecule has 4 heteroatoms. The fourth-order valence-electron chi connectivity index (χ4n) is 4.06. The number of nitrogens with one attached hydrogen (secondary N) is 2. The summed E-state index contributed by atoms with van der Waals surface area (Å²) >= 11 is 0. The lowest BCUT2D eigenvalue weighted by Gasteiger charge is -2.34. The monoisotopic (exact) mass is 324 g/mol. The van der Waals surface area contributed by atoms with Gasteiger partial charge in [-0.3, -0.25) is 0 Å². The van der Waals surface area contributed by atoms with E-state index in [2.05, 4.69) is 17.6 Å². The lowest BCUT2D eigenvalue weighted by Crippen LogP contribution is -2.45. The van der Waals surface area contributed by atoms with Gasteiger partial charge in [0, 0.05) is 18.6 Å². The number of ether oxygens (including phenoxy) is 1. The largest absolute Gasteiger partial charge is 0.444 e. The summed E-state index contributed by atoms with van der Waals surface area (Å²) < 4.78 is 5.34. The first-order valence-electron chi connectivity index (χ1n) is 9.55. The standard InChI is InChI=1S/C19H36N2O2/c1-5-19(12-6-7-13-19)14-20-15-8-10-16(11-9-15)21-17(22)23-18(2,3)4/h15-16,20H,5-14H2,1-4H3,(H,21,22). The molecule has 2 fully saturated rings. The fraction of sp³-hybridized carbons (Fsp3) is 0.947. The van der Waals surface area contributed by atoms with Crippen LogP contribution in [0.25, 0.3) is 0 Å². The number of hydrogen-bond acceptors (Lipinski definition) is 3. The van der Waals surface area contributed by atoms with Gasteiger partial charge < -0.3 is 15.4 Å². The van der Waals surface area contributed by atoms with E-state index in [4.69, 9.17) is 4.74 Å². The Morgan fingerprint density at radius 2 is 1.65 bits per heavy atom. The third-order valence-corrected chi connectivity index (χ3v) is 5.63. The predicted octanol–water partition coefficient (Wildman–Crippen LogP) is 4.38. The second-order valence-electron chi connectivity index (χ2n) is 8.64. The first-order valence-corrected chi connectivity index (χ1v) is 9.55. The van der Waals surface area contributed by atoms with Crippen LogP contribution < -0.4 is 10.6 Å². The van der Waals surface area contributed by atoms with Crippen LogP contribution in [0.3, 0.4) is 0 Å². The van der Waals surface area contributed by atoms with Crippen molar-refractivity contribution in [2.75, 3.05) is 6.54 Å². The summed E-state index contributed by atoms with van der Waals surface area (Å²) in [7, 11) is 0. The van der Waals surface area contributed by atoms with Gasteiger partial charge in [-0.05, 0) is 71.1 Å². The zero-order chi connectivity index (χ0) is 16.9. The van der Waals surface area contributed by atoms with Crippen molar-refractivity contribution in [3.8, 4) is 0 Å². The number of amides is 1. The molecule has 134 valence electrons. The normalized spacial score (nSPS) is 27.7. The van der Waals surface area contributed by atoms with Gasteiger partial charge in [0.05, 0.1) is 0 Å². The molecule has 2 N–H and O–H groups in total. The van der Waals surface area contributed by atoms with Gasteiger partial charge in [0.2, 0.25) is 0 Å². The number of rotatable bonds is 5. The molecule has 0 aromatic heterocycles. The number of hydrogen-bond donors (Lipinski definition) is 2. The Hall–Kier alpha value is -0.770. The van der Waals surface area contributed by atoms with E-state index in [1.807, 2.05) is 20.8 Å². The zero-order valence-electron chi connectivity index (χ0n) is 15.5. The first kappa shape index (κ1) is 18.6. The molecule has 2 aliphatic rings. The lowest BCUT2D eigenvalue weighted by atomic mass is 9.82. The maximum absolute atomic E-state index is 11.8. The Morgan fingerprint density at radius 1 is 1.09 bits per heavy atom. The van der Waals surface area contributed by atoms with Gasteiger partial charge in [0.15, 0.2) is 0 Å². The van der Waals surface area contributed by atoms with Crippen LogP contribution in [0.5, 0.6) is 0 Å². The first-order chi connectivity index (χ1) is 10.8. The van der Waals surface area contributed by atoms with Crippen LogP contribution in [0, 0.1) is 5.41 Å². The van der Waals surface area contributed by atoms with Crippen molar-refractivity contribution >= 4 is 6.09 Å². The molecule has 0 heterocycles. The van der Waals surface area contributed by atoms with Crippen LogP contribution in [0.2, 0.25) is 0 Å². The maximum Gasteiger partial charge on any atom is 0.407 e. The summed E-state index contributed by atoms with van der Waals surface area (Å²) in [4.78, 5) is 11.8. The minimum atomic E-state index is -0.418. The van der Waals surface area contributed by atoms with Gasteiger partial charge in [-0.1, -0.05) is 19.8 Å². The summed E-state index contributed by atoms with van der Waals surface area (Å²) in [5, 5.41) is 6.85. The third-order valence-electron chi connectivity index (χ3n) is 5.63. The minimum Gasteiger partial charge on any atom is -0.444 e. The minimum absolute atomic E-state index is 0.273. The van der Waals surface area contributed by atoms with E-state index in [-0.39, 0.29) is 12.1 Å². The molecule has 0 saturated heterocycles. The van der Waals surface area contributed by atoms with Crippen molar-refractivity contribution in [3.05, 3.63) is 0 Å². The molecule has 0 aromatic carbocycles. The second kappa shape index (κ2) is 7.87. The van der Waals surface area contributed by atoms with Crippen molar-refractivity contribution in [1.29, 1.82) is 0 Å². The van der Waals surface area contributed by atoms with Crippen LogP contribution in [0.4, 0.5) is 4.79 Å². The maximum atomic E-state index is 11.8. The predicted molar refractivity (Wildman–Crippen MR) is 94.6 cm³/mol. The third kappa shape index (κ3) is 5.98. The molecule has 0 spiro atoms. The van der Waals surface area contributed by atoms with E-state index in [9.17, 15) is 4.79 Å². The SMILES string of the molecule is CCC1(CNC2CCC(NC(=O)OC(C)(C)C)CC2)CCCC1. The molecule has 2 rings (SSSR count). The molecule has 0 radical (unpaired) electrons. The van der Waals surface area contributed by atoms with E-state index in [1.54, 1.807) is 0 Å². The Kier molecular flexibility index (Phi) is 6.35. The molecule has 4 nitrogen and oxygen atoms in total. The Balaban J connectivity index is 1.67. The van der Waals surface area contributed by atoms with Gasteiger partial charge in [-0.15, -0.1) is 0 Å². The lowest BCUT2D eigenvalue weighted by molar-refractivity contribution is 0.0489. The van der Waals surface area contributed by atoms with E-state index < -0.39 is 5.60 Å². The van der Waals surface area contributed by atoms with Crippen LogP contribution >= 0.6 is 0 Å². The van der Waals surface area contributed by atoms with E-state index in [0.717, 1.165) is 25.7 Å². The zero-order valence-corrected chi connectivity index (χ0v) is 15.5. The molecule has 2 aliphatic carbocycles. The van der Waals surface area contributed by atoms with Crippen molar-refractivity contribution in [2.24, 2.45) is 5.41 Å². The van der Waals surface area contributed by atoms with Gasteiger partial charge >= 0.3 is 6.09 Å². The van der Waals surface area contributed by atoms with Crippen molar-refractivity contribution in [2.45, 2.75) is 103 Å². The topological polar surface area (TPSA) is 50.4 Å². The van der Waals surface area contributed by atoms with Crippen LogP contribution in [0.15, 0.2) is 0 Å². The molecule has 0 aliphatic heterocycles. The molecule has 1 amide bonds. The molecular weight excluding hydrogens is 288 g/mol. The smallest absolute Gasteiger partial charge is 0.407 e. The van der Waals surface area contributed by atoms with Gasteiger partial charge in [-0.25, -0.2) is 4.79 Å². The Labute approximate surface area is 142 Å². The molecule has 0 bridgehead atoms. The Bertz CT molecular complexity index is 375. The van der Waals surface area contributed by atoms with Crippen molar-refractivity contribution < 1.29 is 9.53 Å². The highest BCUT2D eigenvalue weighted by Crippen LogP contribution is 2.40. The van der Waals surface area contributed by atoms with E-state index in [1.165, 1.54) is 38.6 Å². The highest BCUT2D eigenvalue weighted by Gasteiger charge is 2.33. The molecule has 0 atom stereocenters. The average molecular weight is 325 g/mol. The highest BCUT2D eigenvalue weighted by atomic mass is 16.6. The number of carbonyl (C=O) groups excluding carboxylic acids is 1.